The maximum Gasteiger partial charge on any atom is 0.338 e. The van der Waals surface area contributed by atoms with Gasteiger partial charge in [0.1, 0.15) is 18.1 Å². The van der Waals surface area contributed by atoms with Gasteiger partial charge >= 0.3 is 5.97 Å². The molecular formula is C26H24N2O5S. The molecule has 4 rings (SSSR count). The van der Waals surface area contributed by atoms with E-state index in [1.54, 1.807) is 50.0 Å². The summed E-state index contributed by atoms with van der Waals surface area (Å²) in [5, 5.41) is 0. The number of benzene rings is 2. The molecule has 0 spiro atoms. The average molecular weight is 477 g/mol. The largest absolute Gasteiger partial charge is 0.497 e. The van der Waals surface area contributed by atoms with Crippen LogP contribution >= 0.6 is 11.3 Å². The lowest BCUT2D eigenvalue weighted by atomic mass is 9.96. The second-order valence-corrected chi connectivity index (χ2v) is 8.50. The van der Waals surface area contributed by atoms with Gasteiger partial charge in [-0.25, -0.2) is 9.79 Å². The summed E-state index contributed by atoms with van der Waals surface area (Å²) in [5.74, 6) is 0.722. The molecule has 0 saturated carbocycles. The van der Waals surface area contributed by atoms with Crippen LogP contribution in [-0.2, 0) is 9.53 Å². The second kappa shape index (κ2) is 9.93. The van der Waals surface area contributed by atoms with Crippen molar-refractivity contribution in [1.29, 1.82) is 0 Å². The van der Waals surface area contributed by atoms with Crippen LogP contribution in [0.15, 0.2) is 82.2 Å². The molecular weight excluding hydrogens is 452 g/mol. The van der Waals surface area contributed by atoms with Gasteiger partial charge in [-0.15, -0.1) is 0 Å². The molecule has 1 atom stereocenters. The fourth-order valence-electron chi connectivity index (χ4n) is 3.84. The number of allylic oxidation sites excluding steroid dienone is 1. The van der Waals surface area contributed by atoms with E-state index in [9.17, 15) is 9.59 Å². The van der Waals surface area contributed by atoms with Crippen molar-refractivity contribution in [3.63, 3.8) is 0 Å². The first-order valence-electron chi connectivity index (χ1n) is 10.6. The molecule has 1 aliphatic heterocycles. The van der Waals surface area contributed by atoms with Crippen LogP contribution < -0.4 is 24.4 Å². The highest BCUT2D eigenvalue weighted by molar-refractivity contribution is 7.07. The highest BCUT2D eigenvalue weighted by atomic mass is 32.1. The van der Waals surface area contributed by atoms with Crippen LogP contribution in [0.4, 0.5) is 0 Å². The van der Waals surface area contributed by atoms with Gasteiger partial charge in [0.2, 0.25) is 0 Å². The Morgan fingerprint density at radius 3 is 2.62 bits per heavy atom. The molecule has 0 saturated heterocycles. The van der Waals surface area contributed by atoms with Gasteiger partial charge in [-0.2, -0.15) is 0 Å². The van der Waals surface area contributed by atoms with Crippen LogP contribution in [0.1, 0.15) is 24.1 Å². The van der Waals surface area contributed by atoms with Crippen LogP contribution in [-0.4, -0.2) is 31.4 Å². The van der Waals surface area contributed by atoms with Crippen molar-refractivity contribution in [2.45, 2.75) is 13.0 Å². The predicted octanol–water partition coefficient (Wildman–Crippen LogP) is 2.98. The lowest BCUT2D eigenvalue weighted by Gasteiger charge is -2.24. The number of hydrogen-bond donors (Lipinski definition) is 0. The average Bonchev–Trinajstić information content (AvgIpc) is 3.16. The quantitative estimate of drug-likeness (QED) is 0.387. The molecule has 0 bridgehead atoms. The van der Waals surface area contributed by atoms with Crippen LogP contribution in [0, 0.1) is 0 Å². The molecule has 3 aromatic rings. The zero-order valence-corrected chi connectivity index (χ0v) is 19.9. The van der Waals surface area contributed by atoms with E-state index in [0.29, 0.717) is 37.7 Å². The summed E-state index contributed by atoms with van der Waals surface area (Å²) < 4.78 is 18.1. The van der Waals surface area contributed by atoms with Crippen molar-refractivity contribution in [1.82, 2.24) is 4.57 Å². The van der Waals surface area contributed by atoms with Crippen LogP contribution in [0.2, 0.25) is 0 Å². The van der Waals surface area contributed by atoms with Crippen molar-refractivity contribution >= 4 is 23.4 Å². The normalized spacial score (nSPS) is 15.4. The first kappa shape index (κ1) is 23.3. The zero-order valence-electron chi connectivity index (χ0n) is 19.1. The molecule has 174 valence electrons. The van der Waals surface area contributed by atoms with Crippen LogP contribution in [0.5, 0.6) is 11.5 Å². The van der Waals surface area contributed by atoms with Gasteiger partial charge in [0.05, 0.1) is 36.1 Å². The van der Waals surface area contributed by atoms with Gasteiger partial charge in [0, 0.05) is 5.56 Å². The Bertz CT molecular complexity index is 1450. The molecule has 34 heavy (non-hydrogen) atoms. The number of rotatable bonds is 7. The van der Waals surface area contributed by atoms with Crippen molar-refractivity contribution < 1.29 is 19.0 Å². The molecule has 0 amide bonds. The molecule has 2 aromatic carbocycles. The molecule has 0 aliphatic carbocycles. The van der Waals surface area contributed by atoms with Crippen molar-refractivity contribution in [2.75, 3.05) is 20.8 Å². The molecule has 1 aliphatic rings. The van der Waals surface area contributed by atoms with E-state index in [4.69, 9.17) is 14.2 Å². The van der Waals surface area contributed by atoms with Gasteiger partial charge in [-0.3, -0.25) is 9.36 Å². The first-order valence-corrected chi connectivity index (χ1v) is 11.4. The molecule has 1 aromatic heterocycles. The SMILES string of the molecule is C=CCOC(=O)C1=C(C)N=c2s/c(=C\c3cc(OC)ccc3OC)c(=O)n2[C@H]1c1ccccc1. The van der Waals surface area contributed by atoms with Gasteiger partial charge in [0.15, 0.2) is 4.80 Å². The number of hydrogen-bond acceptors (Lipinski definition) is 7. The predicted molar refractivity (Wildman–Crippen MR) is 131 cm³/mol. The topological polar surface area (TPSA) is 79.1 Å². The van der Waals surface area contributed by atoms with Crippen LogP contribution in [0.25, 0.3) is 6.08 Å². The Morgan fingerprint density at radius 1 is 1.18 bits per heavy atom. The maximum absolute atomic E-state index is 13.7. The number of aromatic nitrogens is 1. The summed E-state index contributed by atoms with van der Waals surface area (Å²) >= 11 is 1.25. The monoisotopic (exact) mass is 476 g/mol. The number of ether oxygens (including phenoxy) is 3. The van der Waals surface area contributed by atoms with Crippen molar-refractivity contribution in [3.05, 3.63) is 103 Å². The number of methoxy groups -OCH3 is 2. The number of fused-ring (bicyclic) bond motifs is 1. The molecule has 0 radical (unpaired) electrons. The van der Waals surface area contributed by atoms with E-state index in [1.165, 1.54) is 17.4 Å². The summed E-state index contributed by atoms with van der Waals surface area (Å²) in [6.07, 6.45) is 3.25. The Morgan fingerprint density at radius 2 is 1.94 bits per heavy atom. The molecule has 2 heterocycles. The minimum absolute atomic E-state index is 0.0666. The van der Waals surface area contributed by atoms with Gasteiger partial charge in [-0.1, -0.05) is 54.3 Å². The van der Waals surface area contributed by atoms with Crippen LogP contribution in [0.3, 0.4) is 0 Å². The molecule has 8 heteroatoms. The lowest BCUT2D eigenvalue weighted by Crippen LogP contribution is -2.39. The maximum atomic E-state index is 13.7. The smallest absolute Gasteiger partial charge is 0.338 e. The number of carbonyl (C=O) groups is 1. The molecule has 0 N–H and O–H groups in total. The summed E-state index contributed by atoms with van der Waals surface area (Å²) in [6.45, 7) is 5.42. The lowest BCUT2D eigenvalue weighted by molar-refractivity contribution is -0.138. The molecule has 0 fully saturated rings. The summed E-state index contributed by atoms with van der Waals surface area (Å²) in [6, 6.07) is 14.1. The zero-order chi connectivity index (χ0) is 24.2. The fraction of sp³-hybridized carbons (Fsp3) is 0.192. The highest BCUT2D eigenvalue weighted by Gasteiger charge is 2.33. The number of esters is 1. The minimum atomic E-state index is -0.663. The second-order valence-electron chi connectivity index (χ2n) is 7.49. The number of thiazole rings is 1. The highest BCUT2D eigenvalue weighted by Crippen LogP contribution is 2.30. The Kier molecular flexibility index (Phi) is 6.79. The number of nitrogens with zero attached hydrogens (tertiary/aromatic N) is 2. The molecule has 7 nitrogen and oxygen atoms in total. The van der Waals surface area contributed by atoms with E-state index >= 15 is 0 Å². The van der Waals surface area contributed by atoms with Gasteiger partial charge in [-0.05, 0) is 36.8 Å². The Balaban J connectivity index is 1.94. The summed E-state index contributed by atoms with van der Waals surface area (Å²) in [5.41, 5.74) is 2.06. The summed E-state index contributed by atoms with van der Waals surface area (Å²) in [7, 11) is 3.15. The first-order chi connectivity index (χ1) is 16.5. The standard InChI is InChI=1S/C26H24N2O5S/c1-5-13-33-25(30)22-16(2)27-26-28(23(22)17-9-7-6-8-10-17)24(29)21(34-26)15-18-14-19(31-3)11-12-20(18)32-4/h5-12,14-15,23H,1,13H2,2-4H3/b21-15-/t23-/m0/s1. The van der Waals surface area contributed by atoms with E-state index in [0.717, 1.165) is 5.56 Å². The summed E-state index contributed by atoms with van der Waals surface area (Å²) in [4.78, 5) is 31.7. The third-order valence-corrected chi connectivity index (χ3v) is 6.40. The van der Waals surface area contributed by atoms with E-state index in [-0.39, 0.29) is 12.2 Å². The van der Waals surface area contributed by atoms with E-state index in [2.05, 4.69) is 11.6 Å². The minimum Gasteiger partial charge on any atom is -0.497 e. The fourth-order valence-corrected chi connectivity index (χ4v) is 4.88. The van der Waals surface area contributed by atoms with E-state index < -0.39 is 12.0 Å². The Labute approximate surface area is 200 Å². The van der Waals surface area contributed by atoms with Gasteiger partial charge < -0.3 is 14.2 Å². The van der Waals surface area contributed by atoms with Crippen molar-refractivity contribution in [3.8, 4) is 11.5 Å². The third kappa shape index (κ3) is 4.32. The molecule has 0 unspecified atom stereocenters. The van der Waals surface area contributed by atoms with E-state index in [1.807, 2.05) is 30.3 Å². The van der Waals surface area contributed by atoms with Crippen molar-refractivity contribution in [2.24, 2.45) is 4.99 Å². The van der Waals surface area contributed by atoms with Gasteiger partial charge in [0.25, 0.3) is 5.56 Å². The number of carbonyl (C=O) groups excluding carboxylic acids is 1. The third-order valence-electron chi connectivity index (χ3n) is 5.41. The Hall–Kier alpha value is -3.91.